The molecule has 2 aliphatic rings. The van der Waals surface area contributed by atoms with Crippen molar-refractivity contribution in [1.29, 1.82) is 0 Å². The van der Waals surface area contributed by atoms with Gasteiger partial charge in [-0.15, -0.1) is 0 Å². The zero-order chi connectivity index (χ0) is 20.4. The average Bonchev–Trinajstić information content (AvgIpc) is 3.09. The van der Waals surface area contributed by atoms with Gasteiger partial charge in [0.15, 0.2) is 6.61 Å². The maximum absolute atomic E-state index is 12.8. The second-order valence-electron chi connectivity index (χ2n) is 7.40. The summed E-state index contributed by atoms with van der Waals surface area (Å²) < 4.78 is 10.3. The predicted octanol–water partition coefficient (Wildman–Crippen LogP) is 2.75. The number of ether oxygens (including phenoxy) is 2. The van der Waals surface area contributed by atoms with Gasteiger partial charge >= 0.3 is 6.09 Å². The normalized spacial score (nSPS) is 17.7. The molecule has 29 heavy (non-hydrogen) atoms. The van der Waals surface area contributed by atoms with E-state index in [9.17, 15) is 14.4 Å². The van der Waals surface area contributed by atoms with Gasteiger partial charge in [-0.2, -0.15) is 0 Å². The summed E-state index contributed by atoms with van der Waals surface area (Å²) in [6.07, 6.45) is 1.59. The van der Waals surface area contributed by atoms with Crippen LogP contribution in [0.3, 0.4) is 0 Å². The van der Waals surface area contributed by atoms with Gasteiger partial charge in [-0.05, 0) is 36.1 Å². The van der Waals surface area contributed by atoms with Crippen LogP contribution in [0.4, 0.5) is 4.79 Å². The van der Waals surface area contributed by atoms with Crippen LogP contribution in [-0.4, -0.2) is 60.6 Å². The molecule has 2 fully saturated rings. The van der Waals surface area contributed by atoms with Crippen molar-refractivity contribution in [2.45, 2.75) is 31.7 Å². The van der Waals surface area contributed by atoms with Crippen molar-refractivity contribution in [3.8, 4) is 5.75 Å². The van der Waals surface area contributed by atoms with Crippen LogP contribution in [0, 0.1) is 0 Å². The van der Waals surface area contributed by atoms with Gasteiger partial charge in [-0.25, -0.2) is 9.69 Å². The molecule has 0 radical (unpaired) electrons. The van der Waals surface area contributed by atoms with Crippen molar-refractivity contribution in [3.63, 3.8) is 0 Å². The summed E-state index contributed by atoms with van der Waals surface area (Å²) in [5.74, 6) is 0.581. The second kappa shape index (κ2) is 8.11. The summed E-state index contributed by atoms with van der Waals surface area (Å²) in [4.78, 5) is 39.3. The molecule has 0 aliphatic carbocycles. The molecule has 3 amide bonds. The lowest BCUT2D eigenvalue weighted by Crippen LogP contribution is -2.48. The largest absolute Gasteiger partial charge is 0.496 e. The second-order valence-corrected chi connectivity index (χ2v) is 7.40. The molecule has 0 spiro atoms. The number of fused-ring (bicyclic) bond motifs is 1. The highest BCUT2D eigenvalue weighted by atomic mass is 16.6. The minimum atomic E-state index is -0.567. The quantitative estimate of drug-likeness (QED) is 0.777. The van der Waals surface area contributed by atoms with Crippen LogP contribution in [0.15, 0.2) is 36.4 Å². The van der Waals surface area contributed by atoms with Crippen LogP contribution < -0.4 is 4.74 Å². The molecule has 0 aromatic heterocycles. The van der Waals surface area contributed by atoms with Crippen LogP contribution in [0.5, 0.6) is 5.75 Å². The summed E-state index contributed by atoms with van der Waals surface area (Å²) in [5.41, 5.74) is 1.04. The molecule has 2 saturated heterocycles. The maximum Gasteiger partial charge on any atom is 0.417 e. The molecule has 0 bridgehead atoms. The molecular formula is C22H24N2O5. The smallest absolute Gasteiger partial charge is 0.417 e. The minimum Gasteiger partial charge on any atom is -0.496 e. The highest BCUT2D eigenvalue weighted by molar-refractivity contribution is 5.98. The summed E-state index contributed by atoms with van der Waals surface area (Å²) in [6.45, 7) is 0.894. The van der Waals surface area contributed by atoms with E-state index in [0.717, 1.165) is 22.1 Å². The Hall–Kier alpha value is -3.09. The summed E-state index contributed by atoms with van der Waals surface area (Å²) in [7, 11) is 1.64. The first kappa shape index (κ1) is 19.2. The molecule has 0 unspecified atom stereocenters. The average molecular weight is 396 g/mol. The van der Waals surface area contributed by atoms with Crippen LogP contribution in [0.2, 0.25) is 0 Å². The molecule has 2 heterocycles. The molecule has 4 rings (SSSR count). The SMILES string of the molecule is COc1ccc2ccccc2c1CCC(=O)N1CCC(N2C(=O)COC2=O)CC1. The van der Waals surface area contributed by atoms with E-state index >= 15 is 0 Å². The summed E-state index contributed by atoms with van der Waals surface area (Å²) in [6, 6.07) is 11.9. The summed E-state index contributed by atoms with van der Waals surface area (Å²) in [5, 5.41) is 2.23. The Morgan fingerprint density at radius 1 is 1.14 bits per heavy atom. The van der Waals surface area contributed by atoms with Crippen LogP contribution in [0.25, 0.3) is 10.8 Å². The fraction of sp³-hybridized carbons (Fsp3) is 0.409. The van der Waals surface area contributed by atoms with Crippen molar-refractivity contribution in [2.75, 3.05) is 26.8 Å². The Morgan fingerprint density at radius 2 is 1.90 bits per heavy atom. The molecule has 2 aliphatic heterocycles. The first-order valence-corrected chi connectivity index (χ1v) is 9.89. The maximum atomic E-state index is 12.8. The molecule has 7 nitrogen and oxygen atoms in total. The van der Waals surface area contributed by atoms with E-state index < -0.39 is 6.09 Å². The van der Waals surface area contributed by atoms with Crippen LogP contribution in [-0.2, 0) is 20.7 Å². The number of nitrogens with zero attached hydrogens (tertiary/aromatic N) is 2. The van der Waals surface area contributed by atoms with E-state index in [-0.39, 0.29) is 24.5 Å². The zero-order valence-corrected chi connectivity index (χ0v) is 16.4. The van der Waals surface area contributed by atoms with E-state index in [0.29, 0.717) is 38.8 Å². The number of aryl methyl sites for hydroxylation is 1. The van der Waals surface area contributed by atoms with E-state index in [1.807, 2.05) is 29.2 Å². The first-order valence-electron chi connectivity index (χ1n) is 9.89. The fourth-order valence-corrected chi connectivity index (χ4v) is 4.25. The van der Waals surface area contributed by atoms with Gasteiger partial charge in [0.05, 0.1) is 7.11 Å². The van der Waals surface area contributed by atoms with E-state index in [1.54, 1.807) is 7.11 Å². The fourth-order valence-electron chi connectivity index (χ4n) is 4.25. The van der Waals surface area contributed by atoms with Crippen molar-refractivity contribution in [1.82, 2.24) is 9.80 Å². The van der Waals surface area contributed by atoms with E-state index in [4.69, 9.17) is 9.47 Å². The predicted molar refractivity (Wildman–Crippen MR) is 107 cm³/mol. The number of methoxy groups -OCH3 is 1. The third-order valence-corrected chi connectivity index (χ3v) is 5.77. The van der Waals surface area contributed by atoms with Gasteiger partial charge in [0.25, 0.3) is 5.91 Å². The Bertz CT molecular complexity index is 933. The molecular weight excluding hydrogens is 372 g/mol. The first-order chi connectivity index (χ1) is 14.1. The summed E-state index contributed by atoms with van der Waals surface area (Å²) >= 11 is 0. The molecule has 0 atom stereocenters. The lowest BCUT2D eigenvalue weighted by Gasteiger charge is -2.34. The number of hydrogen-bond acceptors (Lipinski definition) is 5. The van der Waals surface area contributed by atoms with Crippen LogP contribution in [0.1, 0.15) is 24.8 Å². The number of cyclic esters (lactones) is 1. The number of rotatable bonds is 5. The lowest BCUT2D eigenvalue weighted by molar-refractivity contribution is -0.133. The van der Waals surface area contributed by atoms with Crippen molar-refractivity contribution >= 4 is 28.7 Å². The van der Waals surface area contributed by atoms with Gasteiger partial charge in [-0.1, -0.05) is 30.3 Å². The Morgan fingerprint density at radius 3 is 2.59 bits per heavy atom. The van der Waals surface area contributed by atoms with Gasteiger partial charge in [0.1, 0.15) is 5.75 Å². The standard InChI is InChI=1S/C22H24N2O5/c1-28-19-8-6-15-4-2-3-5-17(15)18(19)7-9-20(25)23-12-10-16(11-13-23)24-21(26)14-29-22(24)27/h2-6,8,16H,7,9-14H2,1H3. The molecule has 0 saturated carbocycles. The number of benzene rings is 2. The third kappa shape index (κ3) is 3.77. The number of carbonyl (C=O) groups is 3. The number of likely N-dealkylation sites (tertiary alicyclic amines) is 1. The molecule has 2 aromatic carbocycles. The van der Waals surface area contributed by atoms with Gasteiger partial charge in [0.2, 0.25) is 5.91 Å². The minimum absolute atomic E-state index is 0.0776. The van der Waals surface area contributed by atoms with Crippen molar-refractivity contribution < 1.29 is 23.9 Å². The highest BCUT2D eigenvalue weighted by Gasteiger charge is 2.38. The molecule has 7 heteroatoms. The Labute approximate surface area is 169 Å². The number of imide groups is 1. The number of hydrogen-bond donors (Lipinski definition) is 0. The van der Waals surface area contributed by atoms with Crippen molar-refractivity contribution in [3.05, 3.63) is 42.0 Å². The number of piperidine rings is 1. The number of carbonyl (C=O) groups excluding carboxylic acids is 3. The van der Waals surface area contributed by atoms with E-state index in [2.05, 4.69) is 12.1 Å². The topological polar surface area (TPSA) is 76.2 Å². The molecule has 152 valence electrons. The molecule has 2 aromatic rings. The van der Waals surface area contributed by atoms with Crippen LogP contribution >= 0.6 is 0 Å². The highest BCUT2D eigenvalue weighted by Crippen LogP contribution is 2.29. The van der Waals surface area contributed by atoms with E-state index in [1.165, 1.54) is 4.90 Å². The van der Waals surface area contributed by atoms with Gasteiger partial charge in [-0.3, -0.25) is 9.59 Å². The monoisotopic (exact) mass is 396 g/mol. The zero-order valence-electron chi connectivity index (χ0n) is 16.4. The van der Waals surface area contributed by atoms with Gasteiger partial charge < -0.3 is 14.4 Å². The third-order valence-electron chi connectivity index (χ3n) is 5.77. The Kier molecular flexibility index (Phi) is 5.38. The lowest BCUT2D eigenvalue weighted by atomic mass is 9.98. The number of amides is 3. The molecule has 0 N–H and O–H groups in total. The van der Waals surface area contributed by atoms with Gasteiger partial charge in [0, 0.05) is 31.1 Å². The van der Waals surface area contributed by atoms with Crippen molar-refractivity contribution in [2.24, 2.45) is 0 Å². The Balaban J connectivity index is 1.38.